The first kappa shape index (κ1) is 17.9. The molecule has 1 aromatic heterocycles. The molecule has 3 rings (SSSR count). The number of aromatic nitrogens is 4. The van der Waals surface area contributed by atoms with Crippen molar-refractivity contribution < 1.29 is 9.16 Å². The molecule has 0 saturated heterocycles. The highest BCUT2D eigenvalue weighted by atomic mass is 28.4. The Bertz CT molecular complexity index is 784. The van der Waals surface area contributed by atoms with Gasteiger partial charge in [0, 0.05) is 5.69 Å². The molecule has 0 spiro atoms. The third-order valence-electron chi connectivity index (χ3n) is 5.44. The largest absolute Gasteiger partial charge is 0.475 e. The van der Waals surface area contributed by atoms with Crippen molar-refractivity contribution in [3.05, 3.63) is 24.0 Å². The summed E-state index contributed by atoms with van der Waals surface area (Å²) in [4.78, 5) is 0. The number of fused-ring (bicyclic) bond motifs is 3. The maximum atomic E-state index is 6.47. The summed E-state index contributed by atoms with van der Waals surface area (Å²) in [6.07, 6.45) is 0.700. The third-order valence-corrected chi connectivity index (χ3v) is 9.92. The van der Waals surface area contributed by atoms with E-state index < -0.39 is 13.9 Å². The lowest BCUT2D eigenvalue weighted by molar-refractivity contribution is -0.00929. The van der Waals surface area contributed by atoms with Crippen LogP contribution in [-0.2, 0) is 10.0 Å². The molecule has 0 amide bonds. The molecule has 0 radical (unpaired) electrons. The Hall–Kier alpha value is -1.93. The Labute approximate surface area is 149 Å². The molecule has 0 fully saturated rings. The Morgan fingerprint density at radius 1 is 1.32 bits per heavy atom. The maximum absolute atomic E-state index is 6.47. The number of hydrogen-bond acceptors (Lipinski definition) is 6. The number of benzene rings is 1. The highest BCUT2D eigenvalue weighted by Gasteiger charge is 2.46. The summed E-state index contributed by atoms with van der Waals surface area (Å²) >= 11 is 0. The van der Waals surface area contributed by atoms with Crippen LogP contribution >= 0.6 is 0 Å². The topological polar surface area (TPSA) is 88.1 Å². The van der Waals surface area contributed by atoms with E-state index in [9.17, 15) is 0 Å². The van der Waals surface area contributed by atoms with E-state index >= 15 is 0 Å². The molecule has 1 atom stereocenters. The van der Waals surface area contributed by atoms with Crippen molar-refractivity contribution in [1.29, 1.82) is 0 Å². The van der Waals surface area contributed by atoms with Crippen LogP contribution in [0.3, 0.4) is 0 Å². The van der Waals surface area contributed by atoms with Crippen molar-refractivity contribution >= 4 is 14.0 Å². The van der Waals surface area contributed by atoms with Gasteiger partial charge in [0.2, 0.25) is 5.82 Å². The summed E-state index contributed by atoms with van der Waals surface area (Å²) in [5, 5.41) is 12.4. The lowest BCUT2D eigenvalue weighted by atomic mass is 9.98. The fraction of sp³-hybridized carbons (Fsp3) is 0.588. The van der Waals surface area contributed by atoms with E-state index in [2.05, 4.69) is 56.3 Å². The zero-order valence-corrected chi connectivity index (χ0v) is 16.8. The first-order valence-electron chi connectivity index (χ1n) is 8.61. The van der Waals surface area contributed by atoms with Crippen LogP contribution in [0.1, 0.15) is 39.9 Å². The second kappa shape index (κ2) is 5.81. The van der Waals surface area contributed by atoms with Crippen molar-refractivity contribution in [1.82, 2.24) is 20.2 Å². The molecule has 8 heteroatoms. The van der Waals surface area contributed by atoms with Crippen molar-refractivity contribution in [2.45, 2.75) is 57.8 Å². The van der Waals surface area contributed by atoms with Crippen LogP contribution in [0.25, 0.3) is 5.69 Å². The van der Waals surface area contributed by atoms with Crippen molar-refractivity contribution in [2.75, 3.05) is 12.3 Å². The summed E-state index contributed by atoms with van der Waals surface area (Å²) in [5.74, 6) is 1.38. The molecule has 1 aliphatic heterocycles. The molecule has 1 unspecified atom stereocenters. The SMILES string of the molecule is CCC1(CO[Si](C)(C)C(C)(C)C)Oc2ccc(N)cc2-n2nnnc21. The molecule has 2 aromatic rings. The van der Waals surface area contributed by atoms with Crippen LogP contribution in [0.4, 0.5) is 5.69 Å². The number of ether oxygens (including phenoxy) is 1. The van der Waals surface area contributed by atoms with E-state index in [0.717, 1.165) is 11.4 Å². The highest BCUT2D eigenvalue weighted by Crippen LogP contribution is 2.43. The van der Waals surface area contributed by atoms with Gasteiger partial charge in [-0.15, -0.1) is 5.10 Å². The first-order valence-corrected chi connectivity index (χ1v) is 11.5. The van der Waals surface area contributed by atoms with Gasteiger partial charge in [0.15, 0.2) is 13.9 Å². The second-order valence-corrected chi connectivity index (χ2v) is 12.9. The van der Waals surface area contributed by atoms with Gasteiger partial charge in [-0.2, -0.15) is 4.68 Å². The van der Waals surface area contributed by atoms with Crippen molar-refractivity contribution in [2.24, 2.45) is 0 Å². The van der Waals surface area contributed by atoms with Gasteiger partial charge in [0.25, 0.3) is 0 Å². The Morgan fingerprint density at radius 2 is 2.04 bits per heavy atom. The third kappa shape index (κ3) is 2.93. The minimum absolute atomic E-state index is 0.120. The number of rotatable bonds is 4. The smallest absolute Gasteiger partial charge is 0.202 e. The van der Waals surface area contributed by atoms with Gasteiger partial charge in [0.05, 0.1) is 6.61 Å². The lowest BCUT2D eigenvalue weighted by Gasteiger charge is -2.41. The summed E-state index contributed by atoms with van der Waals surface area (Å²) < 4.78 is 14.6. The van der Waals surface area contributed by atoms with Gasteiger partial charge in [-0.25, -0.2) is 0 Å². The van der Waals surface area contributed by atoms with E-state index in [-0.39, 0.29) is 5.04 Å². The average Bonchev–Trinajstić information content (AvgIpc) is 3.02. The molecule has 136 valence electrons. The van der Waals surface area contributed by atoms with Gasteiger partial charge < -0.3 is 14.9 Å². The molecule has 0 bridgehead atoms. The zero-order chi connectivity index (χ0) is 18.5. The molecular weight excluding hydrogens is 334 g/mol. The fourth-order valence-corrected chi connectivity index (χ4v) is 3.64. The van der Waals surface area contributed by atoms with Crippen molar-refractivity contribution in [3.63, 3.8) is 0 Å². The summed E-state index contributed by atoms with van der Waals surface area (Å²) in [7, 11) is -1.93. The molecule has 0 aliphatic carbocycles. The van der Waals surface area contributed by atoms with Gasteiger partial charge in [-0.1, -0.05) is 27.7 Å². The molecule has 0 saturated carbocycles. The Kier molecular flexibility index (Phi) is 4.15. The van der Waals surface area contributed by atoms with E-state index in [4.69, 9.17) is 14.9 Å². The van der Waals surface area contributed by atoms with E-state index in [1.807, 2.05) is 18.2 Å². The van der Waals surface area contributed by atoms with E-state index in [0.29, 0.717) is 24.5 Å². The van der Waals surface area contributed by atoms with Crippen LogP contribution in [0.15, 0.2) is 18.2 Å². The van der Waals surface area contributed by atoms with Crippen LogP contribution in [0.2, 0.25) is 18.1 Å². The number of tetrazole rings is 1. The van der Waals surface area contributed by atoms with Crippen LogP contribution < -0.4 is 10.5 Å². The molecule has 2 N–H and O–H groups in total. The standard InChI is InChI=1S/C17H27N5O2Si/c1-7-17(11-23-25(5,6)16(2,3)4)15-19-20-21-22(15)13-10-12(18)8-9-14(13)24-17/h8-10H,7,11,18H2,1-6H3. The summed E-state index contributed by atoms with van der Waals surface area (Å²) in [6.45, 7) is 13.6. The number of nitrogens with zero attached hydrogens (tertiary/aromatic N) is 4. The molecule has 1 aromatic carbocycles. The van der Waals surface area contributed by atoms with Gasteiger partial charge >= 0.3 is 0 Å². The minimum Gasteiger partial charge on any atom is -0.475 e. The van der Waals surface area contributed by atoms with Crippen LogP contribution in [-0.4, -0.2) is 35.1 Å². The number of nitrogen functional groups attached to an aromatic ring is 1. The van der Waals surface area contributed by atoms with Gasteiger partial charge in [-0.3, -0.25) is 0 Å². The van der Waals surface area contributed by atoms with Crippen LogP contribution in [0, 0.1) is 0 Å². The Balaban J connectivity index is 1.99. The zero-order valence-electron chi connectivity index (χ0n) is 15.8. The van der Waals surface area contributed by atoms with Crippen molar-refractivity contribution in [3.8, 4) is 11.4 Å². The fourth-order valence-electron chi connectivity index (χ4n) is 2.62. The maximum Gasteiger partial charge on any atom is 0.202 e. The predicted molar refractivity (Wildman–Crippen MR) is 99.3 cm³/mol. The number of nitrogens with two attached hydrogens (primary N) is 1. The monoisotopic (exact) mass is 361 g/mol. The summed E-state index contributed by atoms with van der Waals surface area (Å²) in [5.41, 5.74) is 6.61. The van der Waals surface area contributed by atoms with Gasteiger partial charge in [-0.05, 0) is 53.2 Å². The quantitative estimate of drug-likeness (QED) is 0.664. The molecule has 1 aliphatic rings. The second-order valence-electron chi connectivity index (χ2n) is 8.14. The molecular formula is C17H27N5O2Si. The summed E-state index contributed by atoms with van der Waals surface area (Å²) in [6, 6.07) is 5.51. The lowest BCUT2D eigenvalue weighted by Crippen LogP contribution is -2.49. The highest BCUT2D eigenvalue weighted by molar-refractivity contribution is 6.74. The minimum atomic E-state index is -1.93. The Morgan fingerprint density at radius 3 is 2.68 bits per heavy atom. The first-order chi connectivity index (χ1) is 11.6. The number of hydrogen-bond donors (Lipinski definition) is 1. The molecule has 25 heavy (non-hydrogen) atoms. The molecule has 7 nitrogen and oxygen atoms in total. The van der Waals surface area contributed by atoms with E-state index in [1.165, 1.54) is 0 Å². The predicted octanol–water partition coefficient (Wildman–Crippen LogP) is 3.26. The molecule has 2 heterocycles. The average molecular weight is 362 g/mol. The van der Waals surface area contributed by atoms with Gasteiger partial charge in [0.1, 0.15) is 11.4 Å². The normalized spacial score (nSPS) is 19.9. The number of anilines is 1. The van der Waals surface area contributed by atoms with E-state index in [1.54, 1.807) is 4.68 Å². The van der Waals surface area contributed by atoms with Crippen LogP contribution in [0.5, 0.6) is 5.75 Å².